The summed E-state index contributed by atoms with van der Waals surface area (Å²) < 4.78 is 29.7. The molecule has 1 aromatic heterocycles. The molecule has 0 aliphatic carbocycles. The summed E-state index contributed by atoms with van der Waals surface area (Å²) in [5.41, 5.74) is 4.32. The van der Waals surface area contributed by atoms with Crippen LogP contribution >= 0.6 is 0 Å². The smallest absolute Gasteiger partial charge is 0.276 e. The Hall–Kier alpha value is -2.93. The number of hydrogen-bond acceptors (Lipinski definition) is 5. The normalized spacial score (nSPS) is 17.6. The van der Waals surface area contributed by atoms with Crippen LogP contribution in [0.15, 0.2) is 59.1 Å². The third-order valence-corrected chi connectivity index (χ3v) is 7.73. The van der Waals surface area contributed by atoms with Crippen LogP contribution in [0.25, 0.3) is 11.3 Å². The quantitative estimate of drug-likeness (QED) is 0.546. The lowest BCUT2D eigenvalue weighted by Gasteiger charge is -2.27. The molecule has 4 rings (SSSR count). The summed E-state index contributed by atoms with van der Waals surface area (Å²) >= 11 is 0. The van der Waals surface area contributed by atoms with Crippen LogP contribution in [-0.2, 0) is 16.4 Å². The molecule has 32 heavy (non-hydrogen) atoms. The number of benzene rings is 2. The molecule has 1 unspecified atom stereocenters. The van der Waals surface area contributed by atoms with E-state index in [9.17, 15) is 13.2 Å². The summed E-state index contributed by atoms with van der Waals surface area (Å²) in [5, 5.41) is 4.01. The molecule has 2 heterocycles. The lowest BCUT2D eigenvalue weighted by atomic mass is 10.0. The fraction of sp³-hybridized carbons (Fsp3) is 0.360. The standard InChI is InChI=1S/C25H28N2O4S/c1-17(2)20-10-6-19(7-11-20)15-27(22-12-13-32(29,30)16-22)25(28)23-14-24(31-26-23)21-8-4-18(3)5-9-21/h4-11,14,17,22H,12-13,15-16H2,1-3H3. The molecule has 168 valence electrons. The van der Waals surface area contributed by atoms with E-state index in [2.05, 4.69) is 31.1 Å². The first-order valence-electron chi connectivity index (χ1n) is 10.9. The van der Waals surface area contributed by atoms with Crippen LogP contribution in [0, 0.1) is 6.92 Å². The molecule has 1 amide bonds. The van der Waals surface area contributed by atoms with Gasteiger partial charge in [0, 0.05) is 24.2 Å². The minimum absolute atomic E-state index is 0.0223. The average Bonchev–Trinajstić information content (AvgIpc) is 3.39. The molecule has 0 radical (unpaired) electrons. The summed E-state index contributed by atoms with van der Waals surface area (Å²) in [5.74, 6) is 0.681. The zero-order valence-electron chi connectivity index (χ0n) is 18.6. The lowest BCUT2D eigenvalue weighted by Crippen LogP contribution is -2.40. The van der Waals surface area contributed by atoms with Gasteiger partial charge in [0.2, 0.25) is 0 Å². The molecule has 1 aliphatic rings. The molecule has 2 aromatic carbocycles. The molecular formula is C25H28N2O4S. The topological polar surface area (TPSA) is 80.5 Å². The first-order chi connectivity index (χ1) is 15.2. The highest BCUT2D eigenvalue weighted by Gasteiger charge is 2.36. The SMILES string of the molecule is Cc1ccc(-c2cc(C(=O)N(Cc3ccc(C(C)C)cc3)C3CCS(=O)(=O)C3)no2)cc1. The zero-order chi connectivity index (χ0) is 22.9. The van der Waals surface area contributed by atoms with Gasteiger partial charge in [0.15, 0.2) is 21.3 Å². The van der Waals surface area contributed by atoms with Gasteiger partial charge in [-0.1, -0.05) is 73.1 Å². The Kier molecular flexibility index (Phi) is 6.20. The van der Waals surface area contributed by atoms with Crippen molar-refractivity contribution in [3.8, 4) is 11.3 Å². The Bertz CT molecular complexity index is 1200. The molecule has 0 bridgehead atoms. The van der Waals surface area contributed by atoms with Gasteiger partial charge in [0.1, 0.15) is 0 Å². The summed E-state index contributed by atoms with van der Waals surface area (Å²) in [6.07, 6.45) is 0.431. The number of sulfone groups is 1. The van der Waals surface area contributed by atoms with Gasteiger partial charge in [-0.05, 0) is 30.4 Å². The number of aromatic nitrogens is 1. The van der Waals surface area contributed by atoms with Crippen LogP contribution in [0.3, 0.4) is 0 Å². The summed E-state index contributed by atoms with van der Waals surface area (Å²) in [6.45, 7) is 6.58. The minimum atomic E-state index is -3.15. The number of aryl methyl sites for hydroxylation is 1. The molecule has 3 aromatic rings. The highest BCUT2D eigenvalue weighted by molar-refractivity contribution is 7.91. The van der Waals surface area contributed by atoms with E-state index in [-0.39, 0.29) is 29.1 Å². The van der Waals surface area contributed by atoms with Crippen LogP contribution in [0.2, 0.25) is 0 Å². The van der Waals surface area contributed by atoms with E-state index in [0.717, 1.165) is 16.7 Å². The molecule has 1 aliphatic heterocycles. The average molecular weight is 453 g/mol. The monoisotopic (exact) mass is 452 g/mol. The Labute approximate surface area is 189 Å². The number of nitrogens with zero attached hydrogens (tertiary/aromatic N) is 2. The predicted octanol–water partition coefficient (Wildman–Crippen LogP) is 4.60. The minimum Gasteiger partial charge on any atom is -0.355 e. The Morgan fingerprint density at radius 2 is 1.81 bits per heavy atom. The van der Waals surface area contributed by atoms with Crippen molar-refractivity contribution < 1.29 is 17.7 Å². The zero-order valence-corrected chi connectivity index (χ0v) is 19.4. The maximum absolute atomic E-state index is 13.4. The molecule has 1 fully saturated rings. The van der Waals surface area contributed by atoms with Gasteiger partial charge >= 0.3 is 0 Å². The Morgan fingerprint density at radius 1 is 1.12 bits per heavy atom. The van der Waals surface area contributed by atoms with E-state index < -0.39 is 9.84 Å². The Balaban J connectivity index is 1.60. The van der Waals surface area contributed by atoms with Crippen molar-refractivity contribution in [3.63, 3.8) is 0 Å². The van der Waals surface area contributed by atoms with Crippen molar-refractivity contribution in [2.45, 2.75) is 45.7 Å². The van der Waals surface area contributed by atoms with Gasteiger partial charge in [0.25, 0.3) is 5.91 Å². The first-order valence-corrected chi connectivity index (χ1v) is 12.7. The number of amides is 1. The third kappa shape index (κ3) is 4.93. The summed E-state index contributed by atoms with van der Waals surface area (Å²) in [4.78, 5) is 15.1. The molecule has 1 saturated heterocycles. The molecule has 0 saturated carbocycles. The highest BCUT2D eigenvalue weighted by Crippen LogP contribution is 2.26. The van der Waals surface area contributed by atoms with Crippen molar-refractivity contribution in [1.82, 2.24) is 10.1 Å². The molecule has 0 spiro atoms. The van der Waals surface area contributed by atoms with E-state index in [1.54, 1.807) is 11.0 Å². The van der Waals surface area contributed by atoms with Crippen molar-refractivity contribution >= 4 is 15.7 Å². The van der Waals surface area contributed by atoms with E-state index in [1.165, 1.54) is 5.56 Å². The van der Waals surface area contributed by atoms with Crippen molar-refractivity contribution in [3.05, 3.63) is 77.0 Å². The Morgan fingerprint density at radius 3 is 2.41 bits per heavy atom. The molecule has 1 atom stereocenters. The van der Waals surface area contributed by atoms with Gasteiger partial charge in [-0.3, -0.25) is 4.79 Å². The van der Waals surface area contributed by atoms with Crippen molar-refractivity contribution in [1.29, 1.82) is 0 Å². The summed E-state index contributed by atoms with van der Waals surface area (Å²) in [6, 6.07) is 17.1. The fourth-order valence-electron chi connectivity index (χ4n) is 3.97. The number of hydrogen-bond donors (Lipinski definition) is 0. The first kappa shape index (κ1) is 22.3. The van der Waals surface area contributed by atoms with Crippen LogP contribution < -0.4 is 0 Å². The molecular weight excluding hydrogens is 424 g/mol. The van der Waals surface area contributed by atoms with E-state index in [0.29, 0.717) is 24.6 Å². The van der Waals surface area contributed by atoms with E-state index in [4.69, 9.17) is 4.52 Å². The maximum atomic E-state index is 13.4. The van der Waals surface area contributed by atoms with Gasteiger partial charge in [-0.2, -0.15) is 0 Å². The van der Waals surface area contributed by atoms with Crippen LogP contribution in [0.4, 0.5) is 0 Å². The van der Waals surface area contributed by atoms with Gasteiger partial charge in [0.05, 0.1) is 11.5 Å². The maximum Gasteiger partial charge on any atom is 0.276 e. The van der Waals surface area contributed by atoms with Gasteiger partial charge < -0.3 is 9.42 Å². The second-order valence-corrected chi connectivity index (χ2v) is 11.1. The molecule has 6 nitrogen and oxygen atoms in total. The predicted molar refractivity (Wildman–Crippen MR) is 124 cm³/mol. The number of rotatable bonds is 6. The molecule has 7 heteroatoms. The third-order valence-electron chi connectivity index (χ3n) is 5.97. The second-order valence-electron chi connectivity index (χ2n) is 8.83. The second kappa shape index (κ2) is 8.90. The van der Waals surface area contributed by atoms with Crippen molar-refractivity contribution in [2.24, 2.45) is 0 Å². The van der Waals surface area contributed by atoms with Crippen LogP contribution in [0.1, 0.15) is 53.4 Å². The highest BCUT2D eigenvalue weighted by atomic mass is 32.2. The largest absolute Gasteiger partial charge is 0.355 e. The van der Waals surface area contributed by atoms with Crippen LogP contribution in [-0.4, -0.2) is 41.9 Å². The number of carbonyl (C=O) groups excluding carboxylic acids is 1. The van der Waals surface area contributed by atoms with E-state index in [1.807, 2.05) is 43.3 Å². The lowest BCUT2D eigenvalue weighted by molar-refractivity contribution is 0.0670. The van der Waals surface area contributed by atoms with Gasteiger partial charge in [-0.25, -0.2) is 8.42 Å². The van der Waals surface area contributed by atoms with Crippen LogP contribution in [0.5, 0.6) is 0 Å². The van der Waals surface area contributed by atoms with Crippen molar-refractivity contribution in [2.75, 3.05) is 11.5 Å². The van der Waals surface area contributed by atoms with E-state index >= 15 is 0 Å². The fourth-order valence-corrected chi connectivity index (χ4v) is 5.70. The number of carbonyl (C=O) groups is 1. The molecule has 0 N–H and O–H groups in total. The summed E-state index contributed by atoms with van der Waals surface area (Å²) in [7, 11) is -3.15. The van der Waals surface area contributed by atoms with Gasteiger partial charge in [-0.15, -0.1) is 0 Å².